The average molecular weight is 418 g/mol. The zero-order valence-corrected chi connectivity index (χ0v) is 16.6. The van der Waals surface area contributed by atoms with Crippen LogP contribution < -0.4 is 19.7 Å². The summed E-state index contributed by atoms with van der Waals surface area (Å²) in [5.74, 6) is 0.794. The van der Waals surface area contributed by atoms with Gasteiger partial charge in [-0.05, 0) is 59.2 Å². The molecule has 0 saturated carbocycles. The number of ether oxygens (including phenoxy) is 2. The Labute approximate surface area is 178 Å². The Morgan fingerprint density at radius 2 is 1.74 bits per heavy atom. The number of rotatable bonds is 5. The number of nitrogens with zero attached hydrogens (tertiary/aromatic N) is 1. The quantitative estimate of drug-likeness (QED) is 0.688. The summed E-state index contributed by atoms with van der Waals surface area (Å²) >= 11 is 0. The van der Waals surface area contributed by atoms with Gasteiger partial charge in [0.1, 0.15) is 5.82 Å². The lowest BCUT2D eigenvalue weighted by molar-refractivity contribution is -0.117. The fraction of sp³-hybridized carbons (Fsp3) is 0.167. The summed E-state index contributed by atoms with van der Waals surface area (Å²) in [6.45, 7) is 0.918. The molecule has 2 heterocycles. The zero-order valence-electron chi connectivity index (χ0n) is 16.6. The van der Waals surface area contributed by atoms with Crippen molar-refractivity contribution >= 4 is 17.5 Å². The molecule has 2 aliphatic rings. The molecule has 0 radical (unpaired) electrons. The minimum Gasteiger partial charge on any atom is -0.454 e. The van der Waals surface area contributed by atoms with Gasteiger partial charge in [-0.3, -0.25) is 9.59 Å². The molecular formula is C24H19FN2O4. The normalized spacial score (nSPS) is 14.0. The van der Waals surface area contributed by atoms with Gasteiger partial charge in [-0.1, -0.05) is 18.2 Å². The van der Waals surface area contributed by atoms with Crippen LogP contribution in [0.5, 0.6) is 11.5 Å². The van der Waals surface area contributed by atoms with E-state index in [0.717, 1.165) is 22.4 Å². The van der Waals surface area contributed by atoms with Crippen LogP contribution in [0.15, 0.2) is 60.7 Å². The number of hydrogen-bond acceptors (Lipinski definition) is 4. The van der Waals surface area contributed by atoms with Crippen LogP contribution in [0.1, 0.15) is 27.0 Å². The van der Waals surface area contributed by atoms with E-state index in [1.54, 1.807) is 35.2 Å². The molecule has 31 heavy (non-hydrogen) atoms. The van der Waals surface area contributed by atoms with Crippen LogP contribution in [0.3, 0.4) is 0 Å². The van der Waals surface area contributed by atoms with E-state index in [9.17, 15) is 14.0 Å². The number of benzene rings is 3. The van der Waals surface area contributed by atoms with Gasteiger partial charge in [-0.15, -0.1) is 0 Å². The van der Waals surface area contributed by atoms with Gasteiger partial charge in [0.2, 0.25) is 12.7 Å². The molecule has 5 rings (SSSR count). The van der Waals surface area contributed by atoms with Gasteiger partial charge in [0.05, 0.1) is 13.0 Å². The molecule has 0 spiro atoms. The topological polar surface area (TPSA) is 67.9 Å². The fourth-order valence-electron chi connectivity index (χ4n) is 3.81. The summed E-state index contributed by atoms with van der Waals surface area (Å²) in [5, 5.41) is 2.90. The van der Waals surface area contributed by atoms with Gasteiger partial charge in [0.15, 0.2) is 11.5 Å². The zero-order chi connectivity index (χ0) is 21.4. The van der Waals surface area contributed by atoms with E-state index < -0.39 is 0 Å². The van der Waals surface area contributed by atoms with Crippen molar-refractivity contribution in [2.75, 3.05) is 11.7 Å². The van der Waals surface area contributed by atoms with E-state index in [0.29, 0.717) is 30.2 Å². The first-order valence-electron chi connectivity index (χ1n) is 9.91. The monoisotopic (exact) mass is 418 g/mol. The summed E-state index contributed by atoms with van der Waals surface area (Å²) in [5.41, 5.74) is 3.83. The number of anilines is 1. The van der Waals surface area contributed by atoms with E-state index in [2.05, 4.69) is 5.32 Å². The second-order valence-corrected chi connectivity index (χ2v) is 7.50. The minimum atomic E-state index is -0.312. The number of carbonyl (C=O) groups is 2. The maximum Gasteiger partial charge on any atom is 0.251 e. The number of halogens is 1. The van der Waals surface area contributed by atoms with Gasteiger partial charge in [-0.25, -0.2) is 4.39 Å². The van der Waals surface area contributed by atoms with Crippen LogP contribution in [0.25, 0.3) is 0 Å². The van der Waals surface area contributed by atoms with E-state index >= 15 is 0 Å². The molecule has 1 N–H and O–H groups in total. The highest BCUT2D eigenvalue weighted by Crippen LogP contribution is 2.33. The van der Waals surface area contributed by atoms with E-state index in [1.807, 2.05) is 18.2 Å². The fourth-order valence-corrected chi connectivity index (χ4v) is 3.81. The first-order chi connectivity index (χ1) is 15.1. The summed E-state index contributed by atoms with van der Waals surface area (Å²) in [6.07, 6.45) is 0.236. The van der Waals surface area contributed by atoms with Crippen molar-refractivity contribution in [1.82, 2.24) is 5.32 Å². The van der Waals surface area contributed by atoms with Gasteiger partial charge in [-0.2, -0.15) is 0 Å². The SMILES string of the molecule is O=C(NCc1ccc2c(c1)OCO2)c1ccc2c(c1)CC(=O)N2Cc1ccc(F)cc1. The molecule has 0 unspecified atom stereocenters. The molecule has 3 aromatic rings. The average Bonchev–Trinajstić information content (AvgIpc) is 3.36. The largest absolute Gasteiger partial charge is 0.454 e. The number of fused-ring (bicyclic) bond motifs is 2. The summed E-state index contributed by atoms with van der Waals surface area (Å²) in [6, 6.07) is 16.9. The van der Waals surface area contributed by atoms with Gasteiger partial charge >= 0.3 is 0 Å². The third-order valence-electron chi connectivity index (χ3n) is 5.42. The Hall–Kier alpha value is -3.87. The number of nitrogens with one attached hydrogen (secondary N) is 1. The highest BCUT2D eigenvalue weighted by Gasteiger charge is 2.28. The van der Waals surface area contributed by atoms with E-state index in [-0.39, 0.29) is 30.8 Å². The lowest BCUT2D eigenvalue weighted by Crippen LogP contribution is -2.26. The van der Waals surface area contributed by atoms with Gasteiger partial charge in [0, 0.05) is 17.8 Å². The Balaban J connectivity index is 1.27. The maximum atomic E-state index is 13.1. The number of amides is 2. The third kappa shape index (κ3) is 3.82. The lowest BCUT2D eigenvalue weighted by atomic mass is 10.1. The molecule has 0 aromatic heterocycles. The van der Waals surface area contributed by atoms with Crippen LogP contribution in [0.4, 0.5) is 10.1 Å². The Morgan fingerprint density at radius 1 is 0.968 bits per heavy atom. The van der Waals surface area contributed by atoms with E-state index in [1.165, 1.54) is 12.1 Å². The van der Waals surface area contributed by atoms with Gasteiger partial charge in [0.25, 0.3) is 5.91 Å². The molecule has 0 aliphatic carbocycles. The van der Waals surface area contributed by atoms with Crippen LogP contribution in [-0.4, -0.2) is 18.6 Å². The Bertz CT molecular complexity index is 1180. The molecule has 3 aromatic carbocycles. The molecule has 156 valence electrons. The van der Waals surface area contributed by atoms with Crippen LogP contribution in [0, 0.1) is 5.82 Å². The van der Waals surface area contributed by atoms with E-state index in [4.69, 9.17) is 9.47 Å². The maximum absolute atomic E-state index is 13.1. The summed E-state index contributed by atoms with van der Waals surface area (Å²) in [7, 11) is 0. The molecule has 7 heteroatoms. The number of hydrogen-bond donors (Lipinski definition) is 1. The Morgan fingerprint density at radius 3 is 2.58 bits per heavy atom. The smallest absolute Gasteiger partial charge is 0.251 e. The lowest BCUT2D eigenvalue weighted by Gasteiger charge is -2.18. The van der Waals surface area contributed by atoms with Crippen LogP contribution in [0.2, 0.25) is 0 Å². The standard InChI is InChI=1S/C24H19FN2O4/c25-19-5-1-15(2-6-19)13-27-20-7-4-17(10-18(20)11-23(27)28)24(29)26-12-16-3-8-21-22(9-16)31-14-30-21/h1-10H,11-14H2,(H,26,29). The Kier molecular flexibility index (Phi) is 4.78. The highest BCUT2D eigenvalue weighted by molar-refractivity contribution is 6.03. The molecule has 6 nitrogen and oxygen atoms in total. The second-order valence-electron chi connectivity index (χ2n) is 7.50. The first kappa shape index (κ1) is 19.1. The molecule has 2 amide bonds. The molecular weight excluding hydrogens is 399 g/mol. The highest BCUT2D eigenvalue weighted by atomic mass is 19.1. The van der Waals surface area contributed by atoms with Crippen LogP contribution in [-0.2, 0) is 24.3 Å². The predicted molar refractivity (Wildman–Crippen MR) is 111 cm³/mol. The molecule has 0 fully saturated rings. The van der Waals surface area contributed by atoms with Crippen LogP contribution >= 0.6 is 0 Å². The molecule has 0 saturated heterocycles. The van der Waals surface area contributed by atoms with Crippen molar-refractivity contribution in [2.24, 2.45) is 0 Å². The molecule has 0 bridgehead atoms. The molecule has 0 atom stereocenters. The van der Waals surface area contributed by atoms with Crippen molar-refractivity contribution < 1.29 is 23.5 Å². The van der Waals surface area contributed by atoms with Crippen molar-refractivity contribution in [3.8, 4) is 11.5 Å². The minimum absolute atomic E-state index is 0.0442. The first-order valence-corrected chi connectivity index (χ1v) is 9.91. The summed E-state index contributed by atoms with van der Waals surface area (Å²) in [4.78, 5) is 26.8. The second kappa shape index (κ2) is 7.75. The van der Waals surface area contributed by atoms with Gasteiger partial charge < -0.3 is 19.7 Å². The summed E-state index contributed by atoms with van der Waals surface area (Å²) < 4.78 is 23.8. The predicted octanol–water partition coefficient (Wildman–Crippen LogP) is 3.57. The number of carbonyl (C=O) groups excluding carboxylic acids is 2. The van der Waals surface area contributed by atoms with Crippen molar-refractivity contribution in [3.63, 3.8) is 0 Å². The third-order valence-corrected chi connectivity index (χ3v) is 5.42. The molecule has 2 aliphatic heterocycles. The van der Waals surface area contributed by atoms with Crippen molar-refractivity contribution in [2.45, 2.75) is 19.5 Å². The van der Waals surface area contributed by atoms with Crippen molar-refractivity contribution in [3.05, 3.63) is 88.7 Å². The van der Waals surface area contributed by atoms with Crippen molar-refractivity contribution in [1.29, 1.82) is 0 Å².